The first kappa shape index (κ1) is 11.4. The van der Waals surface area contributed by atoms with Gasteiger partial charge in [0.2, 0.25) is 0 Å². The van der Waals surface area contributed by atoms with Crippen molar-refractivity contribution >= 4 is 0 Å². The highest BCUT2D eigenvalue weighted by Crippen LogP contribution is 2.36. The fourth-order valence-corrected chi connectivity index (χ4v) is 2.47. The van der Waals surface area contributed by atoms with Gasteiger partial charge in [0, 0.05) is 5.56 Å². The van der Waals surface area contributed by atoms with Crippen LogP contribution in [-0.4, -0.2) is 20.2 Å². The first-order chi connectivity index (χ1) is 7.74. The Labute approximate surface area is 95.8 Å². The third-order valence-corrected chi connectivity index (χ3v) is 3.38. The molecule has 0 aliphatic carbocycles. The van der Waals surface area contributed by atoms with Crippen LogP contribution in [0.3, 0.4) is 0 Å². The van der Waals surface area contributed by atoms with E-state index in [2.05, 4.69) is 5.32 Å². The summed E-state index contributed by atoms with van der Waals surface area (Å²) in [6.07, 6.45) is 2.11. The lowest BCUT2D eigenvalue weighted by Crippen LogP contribution is -2.27. The number of methoxy groups -OCH3 is 1. The van der Waals surface area contributed by atoms with E-state index < -0.39 is 0 Å². The number of hydrogen-bond donors (Lipinski definition) is 1. The van der Waals surface area contributed by atoms with Crippen LogP contribution in [0.2, 0.25) is 0 Å². The summed E-state index contributed by atoms with van der Waals surface area (Å²) in [7, 11) is 1.65. The molecule has 1 aliphatic rings. The predicted octanol–water partition coefficient (Wildman–Crippen LogP) is 2.61. The van der Waals surface area contributed by atoms with Gasteiger partial charge in [-0.05, 0) is 56.5 Å². The number of nitrogens with one attached hydrogen (secondary N) is 1. The van der Waals surface area contributed by atoms with Gasteiger partial charge in [0.25, 0.3) is 0 Å². The van der Waals surface area contributed by atoms with Crippen LogP contribution >= 0.6 is 0 Å². The summed E-state index contributed by atoms with van der Waals surface area (Å²) in [4.78, 5) is 0. The van der Waals surface area contributed by atoms with Crippen molar-refractivity contribution < 1.29 is 9.13 Å². The molecule has 1 N–H and O–H groups in total. The van der Waals surface area contributed by atoms with Gasteiger partial charge in [-0.25, -0.2) is 4.39 Å². The lowest BCUT2D eigenvalue weighted by atomic mass is 9.86. The van der Waals surface area contributed by atoms with E-state index in [1.54, 1.807) is 13.2 Å². The number of halogens is 1. The lowest BCUT2D eigenvalue weighted by Gasteiger charge is -2.26. The van der Waals surface area contributed by atoms with E-state index in [1.165, 1.54) is 6.07 Å². The summed E-state index contributed by atoms with van der Waals surface area (Å²) in [5.41, 5.74) is 1.80. The van der Waals surface area contributed by atoms with Crippen molar-refractivity contribution in [3.8, 4) is 5.75 Å². The van der Waals surface area contributed by atoms with Gasteiger partial charge in [0.05, 0.1) is 7.11 Å². The van der Waals surface area contributed by atoms with Gasteiger partial charge in [-0.3, -0.25) is 0 Å². The Morgan fingerprint density at radius 1 is 1.31 bits per heavy atom. The lowest BCUT2D eigenvalue weighted by molar-refractivity contribution is 0.388. The molecule has 16 heavy (non-hydrogen) atoms. The van der Waals surface area contributed by atoms with Crippen LogP contribution in [0.1, 0.15) is 29.9 Å². The zero-order chi connectivity index (χ0) is 11.5. The zero-order valence-electron chi connectivity index (χ0n) is 9.85. The largest absolute Gasteiger partial charge is 0.496 e. The highest BCUT2D eigenvalue weighted by molar-refractivity contribution is 5.43. The molecule has 0 saturated carbocycles. The maximum absolute atomic E-state index is 13.6. The van der Waals surface area contributed by atoms with Crippen LogP contribution in [0.5, 0.6) is 5.75 Å². The second-order valence-corrected chi connectivity index (χ2v) is 4.31. The molecule has 1 fully saturated rings. The quantitative estimate of drug-likeness (QED) is 0.832. The molecule has 1 aliphatic heterocycles. The average molecular weight is 223 g/mol. The summed E-state index contributed by atoms with van der Waals surface area (Å²) in [6.45, 7) is 3.85. The molecule has 1 heterocycles. The van der Waals surface area contributed by atoms with Crippen LogP contribution in [0.25, 0.3) is 0 Å². The SMILES string of the molecule is COc1ccc(F)c(C)c1C1CCNCC1. The maximum Gasteiger partial charge on any atom is 0.126 e. The molecule has 0 atom stereocenters. The molecule has 88 valence electrons. The highest BCUT2D eigenvalue weighted by Gasteiger charge is 2.22. The molecule has 0 bridgehead atoms. The monoisotopic (exact) mass is 223 g/mol. The van der Waals surface area contributed by atoms with Gasteiger partial charge in [0.15, 0.2) is 0 Å². The minimum atomic E-state index is -0.130. The van der Waals surface area contributed by atoms with Crippen LogP contribution in [-0.2, 0) is 0 Å². The van der Waals surface area contributed by atoms with Crippen LogP contribution < -0.4 is 10.1 Å². The molecule has 0 unspecified atom stereocenters. The molecule has 3 heteroatoms. The molecule has 2 rings (SSSR count). The summed E-state index contributed by atoms with van der Waals surface area (Å²) >= 11 is 0. The van der Waals surface area contributed by atoms with E-state index in [0.717, 1.165) is 42.8 Å². The number of benzene rings is 1. The Bertz CT molecular complexity index is 372. The van der Waals surface area contributed by atoms with E-state index in [-0.39, 0.29) is 5.82 Å². The van der Waals surface area contributed by atoms with Crippen molar-refractivity contribution in [2.75, 3.05) is 20.2 Å². The van der Waals surface area contributed by atoms with Crippen molar-refractivity contribution in [2.24, 2.45) is 0 Å². The van der Waals surface area contributed by atoms with Crippen LogP contribution in [0.15, 0.2) is 12.1 Å². The normalized spacial score (nSPS) is 17.4. The third kappa shape index (κ3) is 2.05. The van der Waals surface area contributed by atoms with E-state index in [1.807, 2.05) is 6.92 Å². The maximum atomic E-state index is 13.6. The van der Waals surface area contributed by atoms with Crippen molar-refractivity contribution in [3.63, 3.8) is 0 Å². The van der Waals surface area contributed by atoms with E-state index in [4.69, 9.17) is 4.74 Å². The summed E-state index contributed by atoms with van der Waals surface area (Å²) in [6, 6.07) is 3.22. The summed E-state index contributed by atoms with van der Waals surface area (Å²) in [5.74, 6) is 1.12. The number of hydrogen-bond acceptors (Lipinski definition) is 2. The van der Waals surface area contributed by atoms with Gasteiger partial charge in [0.1, 0.15) is 11.6 Å². The standard InChI is InChI=1S/C13H18FNO/c1-9-11(14)3-4-12(16-2)13(9)10-5-7-15-8-6-10/h3-4,10,15H,5-8H2,1-2H3. The second-order valence-electron chi connectivity index (χ2n) is 4.31. The minimum Gasteiger partial charge on any atom is -0.496 e. The van der Waals surface area contributed by atoms with E-state index >= 15 is 0 Å². The smallest absolute Gasteiger partial charge is 0.126 e. The van der Waals surface area contributed by atoms with E-state index in [0.29, 0.717) is 5.92 Å². The summed E-state index contributed by atoms with van der Waals surface area (Å²) in [5, 5.41) is 3.32. The van der Waals surface area contributed by atoms with Crippen LogP contribution in [0, 0.1) is 12.7 Å². The molecule has 1 aromatic carbocycles. The van der Waals surface area contributed by atoms with Gasteiger partial charge in [-0.1, -0.05) is 0 Å². The topological polar surface area (TPSA) is 21.3 Å². The molecular weight excluding hydrogens is 205 g/mol. The van der Waals surface area contributed by atoms with Crippen molar-refractivity contribution in [3.05, 3.63) is 29.1 Å². The average Bonchev–Trinajstić information content (AvgIpc) is 2.33. The fraction of sp³-hybridized carbons (Fsp3) is 0.538. The predicted molar refractivity (Wildman–Crippen MR) is 62.5 cm³/mol. The first-order valence-corrected chi connectivity index (χ1v) is 5.77. The minimum absolute atomic E-state index is 0.130. The van der Waals surface area contributed by atoms with Crippen molar-refractivity contribution in [1.29, 1.82) is 0 Å². The molecule has 0 amide bonds. The molecular formula is C13H18FNO. The Balaban J connectivity index is 2.39. The molecule has 0 aromatic heterocycles. The molecule has 0 radical (unpaired) electrons. The Kier molecular flexibility index (Phi) is 3.44. The van der Waals surface area contributed by atoms with Crippen molar-refractivity contribution in [1.82, 2.24) is 5.32 Å². The molecule has 1 aromatic rings. The second kappa shape index (κ2) is 4.83. The highest BCUT2D eigenvalue weighted by atomic mass is 19.1. The fourth-order valence-electron chi connectivity index (χ4n) is 2.47. The third-order valence-electron chi connectivity index (χ3n) is 3.38. The van der Waals surface area contributed by atoms with Gasteiger partial charge < -0.3 is 10.1 Å². The Morgan fingerprint density at radius 2 is 2.00 bits per heavy atom. The number of rotatable bonds is 2. The number of ether oxygens (including phenoxy) is 1. The van der Waals surface area contributed by atoms with E-state index in [9.17, 15) is 4.39 Å². The number of piperidine rings is 1. The van der Waals surface area contributed by atoms with Gasteiger partial charge >= 0.3 is 0 Å². The van der Waals surface area contributed by atoms with Gasteiger partial charge in [-0.15, -0.1) is 0 Å². The summed E-state index contributed by atoms with van der Waals surface area (Å²) < 4.78 is 18.9. The van der Waals surface area contributed by atoms with Crippen LogP contribution in [0.4, 0.5) is 4.39 Å². The van der Waals surface area contributed by atoms with Crippen molar-refractivity contribution in [2.45, 2.75) is 25.7 Å². The Hall–Kier alpha value is -1.09. The molecule has 1 saturated heterocycles. The zero-order valence-corrected chi connectivity index (χ0v) is 9.85. The molecule has 0 spiro atoms. The van der Waals surface area contributed by atoms with Gasteiger partial charge in [-0.2, -0.15) is 0 Å². The molecule has 2 nitrogen and oxygen atoms in total. The first-order valence-electron chi connectivity index (χ1n) is 5.77. The Morgan fingerprint density at radius 3 is 2.62 bits per heavy atom.